The summed E-state index contributed by atoms with van der Waals surface area (Å²) >= 11 is 0. The monoisotopic (exact) mass is 285 g/mol. The minimum Gasteiger partial charge on any atom is -0.473 e. The first kappa shape index (κ1) is 13.6. The number of ether oxygens (including phenoxy) is 1. The van der Waals surface area contributed by atoms with Gasteiger partial charge in [0, 0.05) is 11.6 Å². The van der Waals surface area contributed by atoms with Crippen LogP contribution in [0, 0.1) is 5.82 Å². The van der Waals surface area contributed by atoms with Crippen molar-refractivity contribution in [2.24, 2.45) is 0 Å². The van der Waals surface area contributed by atoms with Gasteiger partial charge in [-0.05, 0) is 25.0 Å². The first-order valence-corrected chi connectivity index (χ1v) is 7.00. The second kappa shape index (κ2) is 5.95. The third-order valence-corrected chi connectivity index (χ3v) is 3.35. The summed E-state index contributed by atoms with van der Waals surface area (Å²) in [6.07, 6.45) is 1.14. The first-order chi connectivity index (χ1) is 10.2. The fraction of sp³-hybridized carbons (Fsp3) is 0.235. The molecule has 0 aliphatic heterocycles. The minimum absolute atomic E-state index is 0.0808. The molecule has 2 aromatic carbocycles. The smallest absolute Gasteiger partial charge is 0.266 e. The molecular formula is C17H16FNO2. The van der Waals surface area contributed by atoms with Gasteiger partial charge in [0.2, 0.25) is 6.10 Å². The van der Waals surface area contributed by atoms with Crippen LogP contribution in [0.15, 0.2) is 54.6 Å². The van der Waals surface area contributed by atoms with Gasteiger partial charge in [-0.2, -0.15) is 0 Å². The number of hydrogen-bond donors (Lipinski definition) is 1. The zero-order valence-electron chi connectivity index (χ0n) is 11.5. The summed E-state index contributed by atoms with van der Waals surface area (Å²) in [5, 5.41) is 2.91. The lowest BCUT2D eigenvalue weighted by Gasteiger charge is -2.19. The second-order valence-electron chi connectivity index (χ2n) is 5.12. The molecule has 0 aromatic heterocycles. The van der Waals surface area contributed by atoms with E-state index in [4.69, 9.17) is 4.74 Å². The van der Waals surface area contributed by atoms with Crippen molar-refractivity contribution in [2.75, 3.05) is 0 Å². The number of halogens is 1. The second-order valence-corrected chi connectivity index (χ2v) is 5.12. The molecule has 1 N–H and O–H groups in total. The summed E-state index contributed by atoms with van der Waals surface area (Å²) in [6, 6.07) is 15.5. The number of nitrogens with one attached hydrogen (secondary N) is 1. The van der Waals surface area contributed by atoms with Gasteiger partial charge in [-0.15, -0.1) is 0 Å². The highest BCUT2D eigenvalue weighted by atomic mass is 19.1. The lowest BCUT2D eigenvalue weighted by Crippen LogP contribution is -2.34. The maximum absolute atomic E-state index is 13.7. The molecule has 21 heavy (non-hydrogen) atoms. The number of hydrogen-bond acceptors (Lipinski definition) is 2. The summed E-state index contributed by atoms with van der Waals surface area (Å²) in [5.74, 6) is -0.623. The van der Waals surface area contributed by atoms with Crippen LogP contribution in [0.3, 0.4) is 0 Å². The van der Waals surface area contributed by atoms with E-state index in [1.807, 2.05) is 18.2 Å². The van der Waals surface area contributed by atoms with Gasteiger partial charge in [0.15, 0.2) is 11.6 Å². The van der Waals surface area contributed by atoms with Crippen LogP contribution in [0.1, 0.15) is 24.5 Å². The van der Waals surface area contributed by atoms with Gasteiger partial charge >= 0.3 is 0 Å². The molecule has 4 heteroatoms. The van der Waals surface area contributed by atoms with Crippen LogP contribution in [0.4, 0.5) is 4.39 Å². The minimum atomic E-state index is -0.844. The van der Waals surface area contributed by atoms with Crippen LogP contribution in [0.2, 0.25) is 0 Å². The maximum atomic E-state index is 13.7. The van der Waals surface area contributed by atoms with Gasteiger partial charge in [-0.25, -0.2) is 4.39 Å². The van der Waals surface area contributed by atoms with Crippen molar-refractivity contribution in [1.29, 1.82) is 0 Å². The first-order valence-electron chi connectivity index (χ1n) is 7.00. The van der Waals surface area contributed by atoms with Gasteiger partial charge in [0.05, 0.1) is 0 Å². The molecule has 0 spiro atoms. The van der Waals surface area contributed by atoms with Gasteiger partial charge in [-0.1, -0.05) is 42.5 Å². The Morgan fingerprint density at radius 3 is 2.43 bits per heavy atom. The van der Waals surface area contributed by atoms with Gasteiger partial charge < -0.3 is 10.1 Å². The fourth-order valence-electron chi connectivity index (χ4n) is 2.07. The van der Waals surface area contributed by atoms with Crippen molar-refractivity contribution in [1.82, 2.24) is 5.32 Å². The molecule has 3 nitrogen and oxygen atoms in total. The Kier molecular flexibility index (Phi) is 3.86. The summed E-state index contributed by atoms with van der Waals surface area (Å²) in [7, 11) is 0. The van der Waals surface area contributed by atoms with Gasteiger partial charge in [0.25, 0.3) is 5.91 Å². The topological polar surface area (TPSA) is 38.3 Å². The molecule has 0 saturated heterocycles. The molecule has 1 saturated carbocycles. The number of rotatable bonds is 5. The molecule has 1 fully saturated rings. The van der Waals surface area contributed by atoms with Crippen LogP contribution in [0.5, 0.6) is 5.75 Å². The molecule has 2 aromatic rings. The van der Waals surface area contributed by atoms with Crippen molar-refractivity contribution in [2.45, 2.75) is 25.0 Å². The number of amides is 1. The van der Waals surface area contributed by atoms with Crippen molar-refractivity contribution < 1.29 is 13.9 Å². The molecule has 3 rings (SSSR count). The van der Waals surface area contributed by atoms with E-state index < -0.39 is 11.9 Å². The van der Waals surface area contributed by atoms with E-state index in [1.54, 1.807) is 24.3 Å². The molecule has 0 heterocycles. The van der Waals surface area contributed by atoms with Crippen LogP contribution in [-0.2, 0) is 4.79 Å². The zero-order valence-corrected chi connectivity index (χ0v) is 11.5. The molecule has 0 unspecified atom stereocenters. The Balaban J connectivity index is 1.85. The zero-order chi connectivity index (χ0) is 14.7. The van der Waals surface area contributed by atoms with Crippen LogP contribution >= 0.6 is 0 Å². The van der Waals surface area contributed by atoms with E-state index in [-0.39, 0.29) is 17.7 Å². The number of carbonyl (C=O) groups is 1. The Bertz CT molecular complexity index is 626. The summed E-state index contributed by atoms with van der Waals surface area (Å²) < 4.78 is 19.4. The Labute approximate surface area is 122 Å². The van der Waals surface area contributed by atoms with E-state index in [2.05, 4.69) is 5.32 Å². The highest BCUT2D eigenvalue weighted by Gasteiger charge is 2.30. The highest BCUT2D eigenvalue weighted by molar-refractivity contribution is 5.83. The number of para-hydroxylation sites is 1. The average Bonchev–Trinajstić information content (AvgIpc) is 3.31. The molecule has 0 radical (unpaired) electrons. The lowest BCUT2D eigenvalue weighted by atomic mass is 10.1. The van der Waals surface area contributed by atoms with Crippen molar-refractivity contribution in [3.63, 3.8) is 0 Å². The van der Waals surface area contributed by atoms with Crippen molar-refractivity contribution >= 4 is 5.91 Å². The average molecular weight is 285 g/mol. The fourth-order valence-corrected chi connectivity index (χ4v) is 2.07. The summed E-state index contributed by atoms with van der Waals surface area (Å²) in [5.41, 5.74) is 0.707. The molecular weight excluding hydrogens is 269 g/mol. The molecule has 0 bridgehead atoms. The van der Waals surface area contributed by atoms with Gasteiger partial charge in [0.1, 0.15) is 0 Å². The molecule has 1 atom stereocenters. The standard InChI is InChI=1S/C17H16FNO2/c18-14-8-4-5-9-15(14)21-16(12-6-2-1-3-7-12)17(20)19-13-10-11-13/h1-9,13,16H,10-11H2,(H,19,20)/t16-/m0/s1. The predicted octanol–water partition coefficient (Wildman–Crippen LogP) is 3.22. The lowest BCUT2D eigenvalue weighted by molar-refractivity contribution is -0.128. The Morgan fingerprint density at radius 1 is 1.10 bits per heavy atom. The van der Waals surface area contributed by atoms with E-state index in [0.717, 1.165) is 12.8 Å². The molecule has 1 aliphatic carbocycles. The largest absolute Gasteiger partial charge is 0.473 e. The molecule has 1 amide bonds. The van der Waals surface area contributed by atoms with E-state index >= 15 is 0 Å². The van der Waals surface area contributed by atoms with E-state index in [0.29, 0.717) is 5.56 Å². The predicted molar refractivity (Wildman–Crippen MR) is 77.4 cm³/mol. The number of benzene rings is 2. The van der Waals surface area contributed by atoms with Crippen LogP contribution in [-0.4, -0.2) is 11.9 Å². The summed E-state index contributed by atoms with van der Waals surface area (Å²) in [6.45, 7) is 0. The van der Waals surface area contributed by atoms with Gasteiger partial charge in [-0.3, -0.25) is 4.79 Å². The van der Waals surface area contributed by atoms with E-state index in [9.17, 15) is 9.18 Å². The normalized spacial score (nSPS) is 15.3. The van der Waals surface area contributed by atoms with E-state index in [1.165, 1.54) is 12.1 Å². The Hall–Kier alpha value is -2.36. The third kappa shape index (κ3) is 3.40. The third-order valence-electron chi connectivity index (χ3n) is 3.35. The highest BCUT2D eigenvalue weighted by Crippen LogP contribution is 2.26. The van der Waals surface area contributed by atoms with Crippen molar-refractivity contribution in [3.8, 4) is 5.75 Å². The van der Waals surface area contributed by atoms with Crippen molar-refractivity contribution in [3.05, 3.63) is 66.0 Å². The Morgan fingerprint density at radius 2 is 1.76 bits per heavy atom. The van der Waals surface area contributed by atoms with Crippen LogP contribution < -0.4 is 10.1 Å². The SMILES string of the molecule is O=C(NC1CC1)[C@@H](Oc1ccccc1F)c1ccccc1. The summed E-state index contributed by atoms with van der Waals surface area (Å²) in [4.78, 5) is 12.4. The quantitative estimate of drug-likeness (QED) is 0.916. The van der Waals surface area contributed by atoms with Crippen LogP contribution in [0.25, 0.3) is 0 Å². The number of carbonyl (C=O) groups excluding carboxylic acids is 1. The maximum Gasteiger partial charge on any atom is 0.266 e. The molecule has 108 valence electrons. The molecule has 1 aliphatic rings.